The van der Waals surface area contributed by atoms with Gasteiger partial charge in [0, 0.05) is 24.8 Å². The molecule has 0 atom stereocenters. The molecule has 0 bridgehead atoms. The summed E-state index contributed by atoms with van der Waals surface area (Å²) < 4.78 is 38.5. The van der Waals surface area contributed by atoms with Crippen LogP contribution in [-0.4, -0.2) is 29.3 Å². The number of halogens is 3. The highest BCUT2D eigenvalue weighted by atomic mass is 32.1. The van der Waals surface area contributed by atoms with E-state index in [1.807, 2.05) is 0 Å². The highest BCUT2D eigenvalue weighted by Crippen LogP contribution is 2.34. The van der Waals surface area contributed by atoms with Crippen LogP contribution < -0.4 is 10.6 Å². The first-order valence-electron chi connectivity index (χ1n) is 5.86. The van der Waals surface area contributed by atoms with Crippen LogP contribution in [0.5, 0.6) is 0 Å². The average Bonchev–Trinajstić information content (AvgIpc) is 2.24. The van der Waals surface area contributed by atoms with Gasteiger partial charge in [0.2, 0.25) is 0 Å². The standard InChI is InChI=1S/C13H17F3N2OS/c1-12(2,19)7-18(3)8-4-5-10(13(14,15)16)9(6-8)11(17)20/h4-6,19H,7H2,1-3H3,(H2,17,20). The monoisotopic (exact) mass is 306 g/mol. The van der Waals surface area contributed by atoms with E-state index in [-0.39, 0.29) is 17.1 Å². The molecule has 1 rings (SSSR count). The summed E-state index contributed by atoms with van der Waals surface area (Å²) in [6.45, 7) is 3.49. The summed E-state index contributed by atoms with van der Waals surface area (Å²) in [5.41, 5.74) is 3.83. The van der Waals surface area contributed by atoms with Crippen molar-refractivity contribution in [3.8, 4) is 0 Å². The normalized spacial score (nSPS) is 12.3. The van der Waals surface area contributed by atoms with E-state index >= 15 is 0 Å². The van der Waals surface area contributed by atoms with Crippen molar-refractivity contribution < 1.29 is 18.3 Å². The van der Waals surface area contributed by atoms with Gasteiger partial charge in [0.25, 0.3) is 0 Å². The number of nitrogens with zero attached hydrogens (tertiary/aromatic N) is 1. The second-order valence-corrected chi connectivity index (χ2v) is 5.70. The minimum atomic E-state index is -4.51. The zero-order chi connectivity index (χ0) is 15.7. The Balaban J connectivity index is 3.21. The minimum Gasteiger partial charge on any atom is -0.389 e. The van der Waals surface area contributed by atoms with E-state index < -0.39 is 17.3 Å². The average molecular weight is 306 g/mol. The van der Waals surface area contributed by atoms with Crippen LogP contribution in [0.15, 0.2) is 18.2 Å². The maximum atomic E-state index is 12.8. The summed E-state index contributed by atoms with van der Waals surface area (Å²) in [6.07, 6.45) is -4.51. The molecular formula is C13H17F3N2OS. The summed E-state index contributed by atoms with van der Waals surface area (Å²) in [6, 6.07) is 3.57. The number of alkyl halides is 3. The van der Waals surface area contributed by atoms with Gasteiger partial charge in [-0.05, 0) is 32.0 Å². The third kappa shape index (κ3) is 4.35. The predicted molar refractivity (Wildman–Crippen MR) is 76.9 cm³/mol. The van der Waals surface area contributed by atoms with Crippen molar-refractivity contribution in [1.29, 1.82) is 0 Å². The van der Waals surface area contributed by atoms with Gasteiger partial charge in [-0.2, -0.15) is 13.2 Å². The second-order valence-electron chi connectivity index (χ2n) is 5.26. The lowest BCUT2D eigenvalue weighted by Gasteiger charge is -2.28. The molecule has 0 aliphatic rings. The van der Waals surface area contributed by atoms with Crippen LogP contribution in [0.3, 0.4) is 0 Å². The lowest BCUT2D eigenvalue weighted by Crippen LogP contribution is -2.36. The van der Waals surface area contributed by atoms with Gasteiger partial charge in [0.05, 0.1) is 11.2 Å². The molecule has 0 fully saturated rings. The Bertz CT molecular complexity index is 509. The fourth-order valence-corrected chi connectivity index (χ4v) is 2.06. The molecule has 3 nitrogen and oxygen atoms in total. The Morgan fingerprint density at radius 3 is 2.30 bits per heavy atom. The molecule has 7 heteroatoms. The van der Waals surface area contributed by atoms with Crippen LogP contribution in [0.4, 0.5) is 18.9 Å². The van der Waals surface area contributed by atoms with Crippen molar-refractivity contribution in [3.63, 3.8) is 0 Å². The van der Waals surface area contributed by atoms with Crippen LogP contribution in [-0.2, 0) is 6.18 Å². The van der Waals surface area contributed by atoms with Gasteiger partial charge in [-0.1, -0.05) is 12.2 Å². The molecule has 0 unspecified atom stereocenters. The topological polar surface area (TPSA) is 49.5 Å². The quantitative estimate of drug-likeness (QED) is 0.839. The molecular weight excluding hydrogens is 289 g/mol. The number of hydrogen-bond acceptors (Lipinski definition) is 3. The number of benzene rings is 1. The van der Waals surface area contributed by atoms with E-state index in [4.69, 9.17) is 5.73 Å². The SMILES string of the molecule is CN(CC(C)(C)O)c1ccc(C(F)(F)F)c(C(N)=S)c1. The number of aliphatic hydroxyl groups is 1. The van der Waals surface area contributed by atoms with Crippen molar-refractivity contribution in [2.45, 2.75) is 25.6 Å². The molecule has 0 radical (unpaired) electrons. The van der Waals surface area contributed by atoms with E-state index in [9.17, 15) is 18.3 Å². The van der Waals surface area contributed by atoms with Crippen molar-refractivity contribution in [1.82, 2.24) is 0 Å². The highest BCUT2D eigenvalue weighted by Gasteiger charge is 2.34. The molecule has 20 heavy (non-hydrogen) atoms. The van der Waals surface area contributed by atoms with E-state index in [1.165, 1.54) is 12.1 Å². The zero-order valence-electron chi connectivity index (χ0n) is 11.5. The predicted octanol–water partition coefficient (Wildman–Crippen LogP) is 2.55. The third-order valence-corrected chi connectivity index (χ3v) is 2.86. The van der Waals surface area contributed by atoms with Gasteiger partial charge in [-0.15, -0.1) is 0 Å². The van der Waals surface area contributed by atoms with E-state index in [2.05, 4.69) is 12.2 Å². The van der Waals surface area contributed by atoms with Crippen LogP contribution in [0.2, 0.25) is 0 Å². The van der Waals surface area contributed by atoms with Gasteiger partial charge >= 0.3 is 6.18 Å². The summed E-state index contributed by atoms with van der Waals surface area (Å²) in [4.78, 5) is 1.33. The van der Waals surface area contributed by atoms with Gasteiger partial charge in [0.15, 0.2) is 0 Å². The third-order valence-electron chi connectivity index (χ3n) is 2.64. The van der Waals surface area contributed by atoms with E-state index in [0.717, 1.165) is 6.07 Å². The molecule has 0 saturated heterocycles. The van der Waals surface area contributed by atoms with Gasteiger partial charge in [-0.3, -0.25) is 0 Å². The number of anilines is 1. The molecule has 0 saturated carbocycles. The lowest BCUT2D eigenvalue weighted by molar-refractivity contribution is -0.137. The number of nitrogens with two attached hydrogens (primary N) is 1. The highest BCUT2D eigenvalue weighted by molar-refractivity contribution is 7.80. The van der Waals surface area contributed by atoms with Crippen molar-refractivity contribution in [2.24, 2.45) is 5.73 Å². The van der Waals surface area contributed by atoms with Crippen molar-refractivity contribution >= 4 is 22.9 Å². The van der Waals surface area contributed by atoms with Crippen LogP contribution in [0, 0.1) is 0 Å². The Kier molecular flexibility index (Phi) is 4.66. The molecule has 0 heterocycles. The first-order valence-corrected chi connectivity index (χ1v) is 6.27. The smallest absolute Gasteiger partial charge is 0.389 e. The lowest BCUT2D eigenvalue weighted by atomic mass is 10.0. The van der Waals surface area contributed by atoms with Crippen molar-refractivity contribution in [2.75, 3.05) is 18.5 Å². The second kappa shape index (κ2) is 5.57. The number of likely N-dealkylation sites (N-methyl/N-ethyl adjacent to an activating group) is 1. The fourth-order valence-electron chi connectivity index (χ4n) is 1.89. The maximum Gasteiger partial charge on any atom is 0.417 e. The maximum absolute atomic E-state index is 12.8. The molecule has 1 aromatic rings. The Hall–Kier alpha value is -1.34. The Morgan fingerprint density at radius 1 is 1.35 bits per heavy atom. The van der Waals surface area contributed by atoms with Crippen molar-refractivity contribution in [3.05, 3.63) is 29.3 Å². The van der Waals surface area contributed by atoms with Gasteiger partial charge < -0.3 is 15.7 Å². The van der Waals surface area contributed by atoms with Crippen LogP contribution in [0.1, 0.15) is 25.0 Å². The summed E-state index contributed by atoms with van der Waals surface area (Å²) in [7, 11) is 1.67. The number of hydrogen-bond donors (Lipinski definition) is 2. The summed E-state index contributed by atoms with van der Waals surface area (Å²) >= 11 is 4.68. The Labute approximate surface area is 121 Å². The minimum absolute atomic E-state index is 0.215. The molecule has 0 aliphatic carbocycles. The van der Waals surface area contributed by atoms with Gasteiger partial charge in [-0.25, -0.2) is 0 Å². The molecule has 1 aromatic carbocycles. The molecule has 112 valence electrons. The molecule has 3 N–H and O–H groups in total. The first kappa shape index (κ1) is 16.7. The Morgan fingerprint density at radius 2 is 1.90 bits per heavy atom. The molecule has 0 amide bonds. The fraction of sp³-hybridized carbons (Fsp3) is 0.462. The zero-order valence-corrected chi connectivity index (χ0v) is 12.3. The molecule has 0 aromatic heterocycles. The summed E-state index contributed by atoms with van der Waals surface area (Å²) in [5, 5.41) is 9.74. The van der Waals surface area contributed by atoms with Gasteiger partial charge in [0.1, 0.15) is 4.99 Å². The van der Waals surface area contributed by atoms with Crippen LogP contribution >= 0.6 is 12.2 Å². The largest absolute Gasteiger partial charge is 0.417 e. The van der Waals surface area contributed by atoms with E-state index in [1.54, 1.807) is 25.8 Å². The van der Waals surface area contributed by atoms with Crippen LogP contribution in [0.25, 0.3) is 0 Å². The summed E-state index contributed by atoms with van der Waals surface area (Å²) in [5.74, 6) is 0. The molecule has 0 aliphatic heterocycles. The number of rotatable bonds is 4. The van der Waals surface area contributed by atoms with E-state index in [0.29, 0.717) is 5.69 Å². The number of thiocarbonyl (C=S) groups is 1. The first-order chi connectivity index (χ1) is 8.92. The molecule has 0 spiro atoms.